The van der Waals surface area contributed by atoms with Crippen LogP contribution in [-0.4, -0.2) is 48.3 Å². The first-order chi connectivity index (χ1) is 9.19. The number of nitrogens with one attached hydrogen (secondary N) is 2. The predicted octanol–water partition coefficient (Wildman–Crippen LogP) is -0.331. The van der Waals surface area contributed by atoms with Crippen LogP contribution in [0.5, 0.6) is 0 Å². The normalized spacial score (nSPS) is 12.8. The lowest BCUT2D eigenvalue weighted by Gasteiger charge is -2.17. The lowest BCUT2D eigenvalue weighted by atomic mass is 10.2. The minimum atomic E-state index is -3.60. The topological polar surface area (TPSA) is 95.6 Å². The Balaban J connectivity index is 2.71. The molecule has 0 aliphatic rings. The van der Waals surface area contributed by atoms with Gasteiger partial charge in [-0.3, -0.25) is 0 Å². The van der Waals surface area contributed by atoms with E-state index in [1.165, 1.54) is 26.2 Å². The van der Waals surface area contributed by atoms with Crippen LogP contribution >= 0.6 is 0 Å². The molecule has 0 saturated carbocycles. The van der Waals surface area contributed by atoms with Crippen molar-refractivity contribution in [3.63, 3.8) is 0 Å². The molecule has 7 nitrogen and oxygen atoms in total. The zero-order valence-electron chi connectivity index (χ0n) is 11.6. The van der Waals surface area contributed by atoms with Crippen molar-refractivity contribution in [1.82, 2.24) is 13.7 Å². The minimum Gasteiger partial charge on any atom is -0.207 e. The number of rotatable bonds is 7. The molecule has 1 aromatic carbocycles. The van der Waals surface area contributed by atoms with Gasteiger partial charge in [0.25, 0.3) is 10.2 Å². The summed E-state index contributed by atoms with van der Waals surface area (Å²) in [5.74, 6) is 0. The van der Waals surface area contributed by atoms with Crippen molar-refractivity contribution in [3.05, 3.63) is 29.8 Å². The maximum Gasteiger partial charge on any atom is 0.276 e. The molecule has 1 rings (SSSR count). The van der Waals surface area contributed by atoms with Crippen LogP contribution in [-0.2, 0) is 20.2 Å². The molecule has 0 bridgehead atoms. The van der Waals surface area contributed by atoms with E-state index in [2.05, 4.69) is 9.44 Å². The Morgan fingerprint density at radius 3 is 2.15 bits per heavy atom. The van der Waals surface area contributed by atoms with Gasteiger partial charge in [-0.2, -0.15) is 12.7 Å². The molecule has 0 radical (unpaired) electrons. The van der Waals surface area contributed by atoms with Crippen LogP contribution < -0.4 is 9.44 Å². The van der Waals surface area contributed by atoms with E-state index in [4.69, 9.17) is 0 Å². The van der Waals surface area contributed by atoms with Crippen LogP contribution in [0.25, 0.3) is 0 Å². The second kappa shape index (κ2) is 6.64. The number of nitrogens with zero attached hydrogens (tertiary/aromatic N) is 1. The Kier molecular flexibility index (Phi) is 5.66. The molecule has 114 valence electrons. The number of benzene rings is 1. The Bertz CT molecular complexity index is 639. The zero-order valence-corrected chi connectivity index (χ0v) is 13.3. The summed E-state index contributed by atoms with van der Waals surface area (Å²) in [5.41, 5.74) is 0.966. The summed E-state index contributed by atoms with van der Waals surface area (Å²) in [4.78, 5) is 0.182. The highest BCUT2D eigenvalue weighted by Gasteiger charge is 2.20. The summed E-state index contributed by atoms with van der Waals surface area (Å²) in [6.45, 7) is 1.90. The van der Waals surface area contributed by atoms with Crippen LogP contribution in [0, 0.1) is 6.92 Å². The fraction of sp³-hybridized carbons (Fsp3) is 0.455. The van der Waals surface area contributed by atoms with Gasteiger partial charge in [-0.1, -0.05) is 17.7 Å². The number of aryl methyl sites for hydroxylation is 1. The van der Waals surface area contributed by atoms with Crippen molar-refractivity contribution < 1.29 is 16.8 Å². The Morgan fingerprint density at radius 1 is 1.10 bits per heavy atom. The molecule has 0 saturated heterocycles. The van der Waals surface area contributed by atoms with Gasteiger partial charge in [-0.15, -0.1) is 0 Å². The molecule has 9 heteroatoms. The highest BCUT2D eigenvalue weighted by atomic mass is 32.2. The summed E-state index contributed by atoms with van der Waals surface area (Å²) < 4.78 is 52.1. The van der Waals surface area contributed by atoms with E-state index < -0.39 is 20.2 Å². The first-order valence-electron chi connectivity index (χ1n) is 5.90. The molecule has 1 aromatic rings. The van der Waals surface area contributed by atoms with Crippen molar-refractivity contribution >= 4 is 20.2 Å². The molecule has 0 amide bonds. The van der Waals surface area contributed by atoms with Crippen molar-refractivity contribution in [1.29, 1.82) is 0 Å². The fourth-order valence-electron chi connectivity index (χ4n) is 1.42. The van der Waals surface area contributed by atoms with E-state index in [-0.39, 0.29) is 18.0 Å². The van der Waals surface area contributed by atoms with Gasteiger partial charge in [0, 0.05) is 27.2 Å². The highest BCUT2D eigenvalue weighted by Crippen LogP contribution is 2.14. The third kappa shape index (κ3) is 4.53. The van der Waals surface area contributed by atoms with Crippen molar-refractivity contribution in [2.45, 2.75) is 11.8 Å². The molecule has 0 atom stereocenters. The molecule has 0 heterocycles. The lowest BCUT2D eigenvalue weighted by molar-refractivity contribution is 0.468. The van der Waals surface area contributed by atoms with Crippen LogP contribution in [0.2, 0.25) is 0 Å². The van der Waals surface area contributed by atoms with E-state index >= 15 is 0 Å². The zero-order chi connectivity index (χ0) is 15.4. The summed E-state index contributed by atoms with van der Waals surface area (Å²) in [6, 6.07) is 6.48. The number of hydrogen-bond donors (Lipinski definition) is 2. The number of hydrogen-bond acceptors (Lipinski definition) is 4. The molecule has 0 spiro atoms. The van der Waals surface area contributed by atoms with Crippen LogP contribution in [0.15, 0.2) is 29.2 Å². The predicted molar refractivity (Wildman–Crippen MR) is 77.0 cm³/mol. The van der Waals surface area contributed by atoms with Gasteiger partial charge < -0.3 is 0 Å². The van der Waals surface area contributed by atoms with Gasteiger partial charge in [0.05, 0.1) is 4.90 Å². The third-order valence-electron chi connectivity index (χ3n) is 2.72. The smallest absolute Gasteiger partial charge is 0.207 e. The second-order valence-corrected chi connectivity index (χ2v) is 7.99. The molecule has 0 aliphatic carbocycles. The molecule has 0 fully saturated rings. The van der Waals surface area contributed by atoms with E-state index in [0.717, 1.165) is 9.87 Å². The average molecular weight is 321 g/mol. The maximum absolute atomic E-state index is 12.2. The monoisotopic (exact) mass is 321 g/mol. The van der Waals surface area contributed by atoms with Crippen molar-refractivity contribution in [2.24, 2.45) is 0 Å². The minimum absolute atomic E-state index is 0.00916. The Hall–Kier alpha value is -1.00. The molecule has 2 N–H and O–H groups in total. The molecular formula is C11H19N3O4S2. The van der Waals surface area contributed by atoms with Gasteiger partial charge in [-0.25, -0.2) is 17.9 Å². The van der Waals surface area contributed by atoms with E-state index in [1.54, 1.807) is 12.1 Å². The summed E-state index contributed by atoms with van der Waals surface area (Å²) in [7, 11) is -4.48. The number of sulfonamides is 1. The highest BCUT2D eigenvalue weighted by molar-refractivity contribution is 7.89. The van der Waals surface area contributed by atoms with Crippen LogP contribution in [0.3, 0.4) is 0 Å². The summed E-state index contributed by atoms with van der Waals surface area (Å²) in [5, 5.41) is 0. The molecule has 20 heavy (non-hydrogen) atoms. The Labute approximate surface area is 120 Å². The van der Waals surface area contributed by atoms with Crippen LogP contribution in [0.1, 0.15) is 5.56 Å². The van der Waals surface area contributed by atoms with E-state index in [9.17, 15) is 16.8 Å². The van der Waals surface area contributed by atoms with Gasteiger partial charge in [0.2, 0.25) is 10.0 Å². The van der Waals surface area contributed by atoms with Gasteiger partial charge in [0.1, 0.15) is 0 Å². The first kappa shape index (κ1) is 17.1. The van der Waals surface area contributed by atoms with Crippen molar-refractivity contribution in [3.8, 4) is 0 Å². The van der Waals surface area contributed by atoms with Crippen LogP contribution in [0.4, 0.5) is 0 Å². The van der Waals surface area contributed by atoms with Gasteiger partial charge in [-0.05, 0) is 19.1 Å². The summed E-state index contributed by atoms with van der Waals surface area (Å²) >= 11 is 0. The molecule has 0 aliphatic heterocycles. The lowest BCUT2D eigenvalue weighted by Crippen LogP contribution is -2.40. The second-order valence-electron chi connectivity index (χ2n) is 4.24. The van der Waals surface area contributed by atoms with Crippen molar-refractivity contribution in [2.75, 3.05) is 27.2 Å². The quantitative estimate of drug-likeness (QED) is 0.719. The SMILES string of the molecule is CNS(=O)(=O)NCCN(C)S(=O)(=O)c1ccc(C)cc1. The number of likely N-dealkylation sites (N-methyl/N-ethyl adjacent to an activating group) is 1. The van der Waals surface area contributed by atoms with Gasteiger partial charge in [0.15, 0.2) is 0 Å². The average Bonchev–Trinajstić information content (AvgIpc) is 2.39. The third-order valence-corrected chi connectivity index (χ3v) is 5.71. The maximum atomic E-state index is 12.2. The van der Waals surface area contributed by atoms with Gasteiger partial charge >= 0.3 is 0 Å². The molecule has 0 aromatic heterocycles. The largest absolute Gasteiger partial charge is 0.276 e. The first-order valence-corrected chi connectivity index (χ1v) is 8.82. The standard InChI is InChI=1S/C11H19N3O4S2/c1-10-4-6-11(7-5-10)19(15,16)14(3)9-8-13-20(17,18)12-2/h4-7,12-13H,8-9H2,1-3H3. The summed E-state index contributed by atoms with van der Waals surface area (Å²) in [6.07, 6.45) is 0. The van der Waals surface area contributed by atoms with E-state index in [1.807, 2.05) is 6.92 Å². The van der Waals surface area contributed by atoms with E-state index in [0.29, 0.717) is 0 Å². The fourth-order valence-corrected chi connectivity index (χ4v) is 3.10. The molecular weight excluding hydrogens is 302 g/mol. The Morgan fingerprint density at radius 2 is 1.65 bits per heavy atom. The molecule has 0 unspecified atom stereocenters.